The molecule has 2 amide bonds. The third kappa shape index (κ3) is 3.87. The van der Waals surface area contributed by atoms with Crippen molar-refractivity contribution in [2.24, 2.45) is 11.7 Å². The average molecular weight is 297 g/mol. The van der Waals surface area contributed by atoms with Crippen LogP contribution >= 0.6 is 11.6 Å². The van der Waals surface area contributed by atoms with Crippen molar-refractivity contribution in [1.82, 2.24) is 4.90 Å². The zero-order valence-corrected chi connectivity index (χ0v) is 11.8. The summed E-state index contributed by atoms with van der Waals surface area (Å²) in [6.07, 6.45) is 1.09. The number of piperidine rings is 1. The van der Waals surface area contributed by atoms with Gasteiger partial charge in [-0.2, -0.15) is 0 Å². The molecule has 0 radical (unpaired) electrons. The molecule has 2 rings (SSSR count). The van der Waals surface area contributed by atoms with Gasteiger partial charge in [0.05, 0.1) is 5.92 Å². The van der Waals surface area contributed by atoms with E-state index < -0.39 is 6.09 Å². The van der Waals surface area contributed by atoms with Crippen LogP contribution in [0.5, 0.6) is 0 Å². The SMILES string of the molecule is NC(=O)[C@H]1CCCN(C(=O)OCc2ccc(Cl)cc2)C1. The molecule has 1 aromatic rings. The highest BCUT2D eigenvalue weighted by Gasteiger charge is 2.27. The van der Waals surface area contributed by atoms with Gasteiger partial charge in [0.2, 0.25) is 5.91 Å². The number of hydrogen-bond acceptors (Lipinski definition) is 3. The number of halogens is 1. The number of nitrogens with zero attached hydrogens (tertiary/aromatic N) is 1. The molecule has 1 aliphatic rings. The van der Waals surface area contributed by atoms with Crippen LogP contribution in [-0.4, -0.2) is 30.0 Å². The van der Waals surface area contributed by atoms with Gasteiger partial charge in [0, 0.05) is 18.1 Å². The number of amides is 2. The van der Waals surface area contributed by atoms with Gasteiger partial charge >= 0.3 is 6.09 Å². The predicted octanol–water partition coefficient (Wildman–Crippen LogP) is 2.17. The zero-order valence-electron chi connectivity index (χ0n) is 11.0. The number of primary amides is 1. The Balaban J connectivity index is 1.85. The highest BCUT2D eigenvalue weighted by molar-refractivity contribution is 6.30. The summed E-state index contributed by atoms with van der Waals surface area (Å²) in [5.74, 6) is -0.632. The zero-order chi connectivity index (χ0) is 14.5. The Bertz CT molecular complexity index is 490. The second-order valence-corrected chi connectivity index (χ2v) is 5.31. The van der Waals surface area contributed by atoms with E-state index in [4.69, 9.17) is 22.1 Å². The minimum Gasteiger partial charge on any atom is -0.445 e. The summed E-state index contributed by atoms with van der Waals surface area (Å²) in [4.78, 5) is 24.6. The number of carbonyl (C=O) groups excluding carboxylic acids is 2. The molecule has 20 heavy (non-hydrogen) atoms. The van der Waals surface area contributed by atoms with E-state index in [-0.39, 0.29) is 18.4 Å². The fourth-order valence-corrected chi connectivity index (χ4v) is 2.32. The van der Waals surface area contributed by atoms with Gasteiger partial charge < -0.3 is 15.4 Å². The minimum absolute atomic E-state index is 0.188. The van der Waals surface area contributed by atoms with E-state index in [1.54, 1.807) is 24.3 Å². The van der Waals surface area contributed by atoms with Gasteiger partial charge in [0.1, 0.15) is 6.61 Å². The number of nitrogens with two attached hydrogens (primary N) is 1. The van der Waals surface area contributed by atoms with Crippen LogP contribution in [0.15, 0.2) is 24.3 Å². The first kappa shape index (κ1) is 14.7. The summed E-state index contributed by atoms with van der Waals surface area (Å²) in [7, 11) is 0. The van der Waals surface area contributed by atoms with Crippen molar-refractivity contribution in [2.75, 3.05) is 13.1 Å². The van der Waals surface area contributed by atoms with Crippen molar-refractivity contribution in [3.8, 4) is 0 Å². The maximum absolute atomic E-state index is 11.9. The van der Waals surface area contributed by atoms with Crippen LogP contribution in [0.2, 0.25) is 5.02 Å². The molecule has 1 saturated heterocycles. The minimum atomic E-state index is -0.411. The Morgan fingerprint density at radius 1 is 1.35 bits per heavy atom. The van der Waals surface area contributed by atoms with Gasteiger partial charge in [-0.1, -0.05) is 23.7 Å². The fraction of sp³-hybridized carbons (Fsp3) is 0.429. The molecule has 1 heterocycles. The van der Waals surface area contributed by atoms with Crippen LogP contribution in [0.4, 0.5) is 4.79 Å². The lowest BCUT2D eigenvalue weighted by Crippen LogP contribution is -2.44. The van der Waals surface area contributed by atoms with E-state index in [9.17, 15) is 9.59 Å². The van der Waals surface area contributed by atoms with Gasteiger partial charge in [0.15, 0.2) is 0 Å². The molecular formula is C14H17ClN2O3. The second-order valence-electron chi connectivity index (χ2n) is 4.87. The molecular weight excluding hydrogens is 280 g/mol. The first-order valence-corrected chi connectivity index (χ1v) is 6.89. The van der Waals surface area contributed by atoms with Crippen LogP contribution in [-0.2, 0) is 16.1 Å². The van der Waals surface area contributed by atoms with Gasteiger partial charge in [-0.05, 0) is 30.5 Å². The van der Waals surface area contributed by atoms with Gasteiger partial charge in [-0.25, -0.2) is 4.79 Å². The molecule has 1 atom stereocenters. The number of hydrogen-bond donors (Lipinski definition) is 1. The van der Waals surface area contributed by atoms with Gasteiger partial charge in [-0.3, -0.25) is 4.79 Å². The van der Waals surface area contributed by atoms with Gasteiger partial charge in [-0.15, -0.1) is 0 Å². The van der Waals surface area contributed by atoms with E-state index in [0.717, 1.165) is 18.4 Å². The van der Waals surface area contributed by atoms with Crippen LogP contribution < -0.4 is 5.73 Å². The Morgan fingerprint density at radius 2 is 2.05 bits per heavy atom. The first-order valence-electron chi connectivity index (χ1n) is 6.51. The quantitative estimate of drug-likeness (QED) is 0.929. The first-order chi connectivity index (χ1) is 9.56. The van der Waals surface area contributed by atoms with Crippen molar-refractivity contribution in [3.63, 3.8) is 0 Å². The van der Waals surface area contributed by atoms with Crippen molar-refractivity contribution >= 4 is 23.6 Å². The number of ether oxygens (including phenoxy) is 1. The molecule has 0 aliphatic carbocycles. The van der Waals surface area contributed by atoms with Crippen LogP contribution in [0, 0.1) is 5.92 Å². The van der Waals surface area contributed by atoms with E-state index in [2.05, 4.69) is 0 Å². The van der Waals surface area contributed by atoms with E-state index in [1.807, 2.05) is 0 Å². The Morgan fingerprint density at radius 3 is 2.70 bits per heavy atom. The summed E-state index contributed by atoms with van der Waals surface area (Å²) >= 11 is 5.78. The van der Waals surface area contributed by atoms with E-state index in [0.29, 0.717) is 18.1 Å². The van der Waals surface area contributed by atoms with Crippen molar-refractivity contribution < 1.29 is 14.3 Å². The van der Waals surface area contributed by atoms with Gasteiger partial charge in [0.25, 0.3) is 0 Å². The highest BCUT2D eigenvalue weighted by atomic mass is 35.5. The third-order valence-corrected chi connectivity index (χ3v) is 3.61. The van der Waals surface area contributed by atoms with Crippen LogP contribution in [0.25, 0.3) is 0 Å². The fourth-order valence-electron chi connectivity index (χ4n) is 2.19. The topological polar surface area (TPSA) is 72.6 Å². The molecule has 0 spiro atoms. The normalized spacial score (nSPS) is 18.6. The maximum atomic E-state index is 11.9. The third-order valence-electron chi connectivity index (χ3n) is 3.36. The highest BCUT2D eigenvalue weighted by Crippen LogP contribution is 2.17. The van der Waals surface area contributed by atoms with Crippen molar-refractivity contribution in [2.45, 2.75) is 19.4 Å². The summed E-state index contributed by atoms with van der Waals surface area (Å²) in [6.45, 7) is 1.13. The largest absolute Gasteiger partial charge is 0.445 e. The summed E-state index contributed by atoms with van der Waals surface area (Å²) in [5, 5.41) is 0.639. The monoisotopic (exact) mass is 296 g/mol. The second kappa shape index (κ2) is 6.61. The lowest BCUT2D eigenvalue weighted by Gasteiger charge is -2.30. The number of rotatable bonds is 3. The predicted molar refractivity (Wildman–Crippen MR) is 75.1 cm³/mol. The Kier molecular flexibility index (Phi) is 4.84. The molecule has 0 unspecified atom stereocenters. The maximum Gasteiger partial charge on any atom is 0.410 e. The smallest absolute Gasteiger partial charge is 0.410 e. The van der Waals surface area contributed by atoms with Crippen molar-refractivity contribution in [1.29, 1.82) is 0 Å². The van der Waals surface area contributed by atoms with Crippen LogP contribution in [0.1, 0.15) is 18.4 Å². The molecule has 108 valence electrons. The molecule has 2 N–H and O–H groups in total. The molecule has 1 aliphatic heterocycles. The lowest BCUT2D eigenvalue weighted by molar-refractivity contribution is -0.123. The molecule has 6 heteroatoms. The van der Waals surface area contributed by atoms with Crippen LogP contribution in [0.3, 0.4) is 0 Å². The van der Waals surface area contributed by atoms with E-state index in [1.165, 1.54) is 4.90 Å². The number of likely N-dealkylation sites (tertiary alicyclic amines) is 1. The number of benzene rings is 1. The number of carbonyl (C=O) groups is 2. The molecule has 0 aromatic heterocycles. The van der Waals surface area contributed by atoms with Crippen molar-refractivity contribution in [3.05, 3.63) is 34.9 Å². The molecule has 1 fully saturated rings. The Labute approximate surface area is 122 Å². The summed E-state index contributed by atoms with van der Waals surface area (Å²) in [5.41, 5.74) is 6.15. The molecule has 0 saturated carbocycles. The summed E-state index contributed by atoms with van der Waals surface area (Å²) in [6, 6.07) is 7.10. The van der Waals surface area contributed by atoms with E-state index >= 15 is 0 Å². The summed E-state index contributed by atoms with van der Waals surface area (Å²) < 4.78 is 5.23. The molecule has 0 bridgehead atoms. The molecule has 1 aromatic carbocycles. The molecule has 5 nitrogen and oxygen atoms in total. The standard InChI is InChI=1S/C14H17ClN2O3/c15-12-5-3-10(4-6-12)9-20-14(19)17-7-1-2-11(8-17)13(16)18/h3-6,11H,1-2,7-9H2,(H2,16,18)/t11-/m0/s1. The Hall–Kier alpha value is -1.75. The average Bonchev–Trinajstić information content (AvgIpc) is 2.46. The lowest BCUT2D eigenvalue weighted by atomic mass is 9.98.